The first-order valence-corrected chi connectivity index (χ1v) is 7.10. The zero-order chi connectivity index (χ0) is 14.8. The van der Waals surface area contributed by atoms with Crippen molar-refractivity contribution in [2.45, 2.75) is 32.7 Å². The number of aliphatic hydroxyl groups excluding tert-OH is 1. The summed E-state index contributed by atoms with van der Waals surface area (Å²) in [5.41, 5.74) is 7.41. The number of amidine groups is 1. The molecule has 0 aromatic heterocycles. The van der Waals surface area contributed by atoms with E-state index in [0.29, 0.717) is 12.5 Å². The van der Waals surface area contributed by atoms with Gasteiger partial charge in [-0.15, -0.1) is 0 Å². The molecular weight excluding hydrogens is 254 g/mol. The molecule has 0 aliphatic carbocycles. The molecule has 0 spiro atoms. The minimum absolute atomic E-state index is 0.128. The summed E-state index contributed by atoms with van der Waals surface area (Å²) >= 11 is 0. The van der Waals surface area contributed by atoms with Crippen LogP contribution in [0.1, 0.15) is 37.3 Å². The van der Waals surface area contributed by atoms with Gasteiger partial charge in [-0.1, -0.05) is 42.8 Å². The molecule has 112 valence electrons. The highest BCUT2D eigenvalue weighted by Crippen LogP contribution is 2.11. The normalized spacial score (nSPS) is 13.4. The maximum atomic E-state index is 9.04. The van der Waals surface area contributed by atoms with Crippen molar-refractivity contribution in [3.05, 3.63) is 35.4 Å². The van der Waals surface area contributed by atoms with Gasteiger partial charge in [0.2, 0.25) is 0 Å². The Balaban J connectivity index is 2.57. The topological polar surface area (TPSA) is 90.9 Å². The van der Waals surface area contributed by atoms with E-state index in [1.165, 1.54) is 0 Å². The van der Waals surface area contributed by atoms with Crippen molar-refractivity contribution in [2.24, 2.45) is 16.8 Å². The van der Waals surface area contributed by atoms with Gasteiger partial charge in [-0.05, 0) is 30.9 Å². The maximum absolute atomic E-state index is 9.04. The Bertz CT molecular complexity index is 415. The third-order valence-corrected chi connectivity index (χ3v) is 3.38. The number of benzene rings is 1. The first-order valence-electron chi connectivity index (χ1n) is 7.10. The molecule has 0 aliphatic heterocycles. The van der Waals surface area contributed by atoms with E-state index in [0.717, 1.165) is 36.9 Å². The molecule has 0 radical (unpaired) electrons. The van der Waals surface area contributed by atoms with Crippen LogP contribution >= 0.6 is 0 Å². The SMILES string of the molecule is CCCC(CCO)CNCc1ccccc1/C(N)=N/O. The Labute approximate surface area is 120 Å². The van der Waals surface area contributed by atoms with E-state index in [2.05, 4.69) is 17.4 Å². The van der Waals surface area contributed by atoms with E-state index in [1.54, 1.807) is 0 Å². The van der Waals surface area contributed by atoms with E-state index in [9.17, 15) is 0 Å². The minimum Gasteiger partial charge on any atom is -0.409 e. The summed E-state index contributed by atoms with van der Waals surface area (Å²) in [6.45, 7) is 3.90. The Morgan fingerprint density at radius 3 is 2.75 bits per heavy atom. The van der Waals surface area contributed by atoms with Crippen molar-refractivity contribution in [3.8, 4) is 0 Å². The number of aliphatic hydroxyl groups is 1. The smallest absolute Gasteiger partial charge is 0.170 e. The van der Waals surface area contributed by atoms with Crippen molar-refractivity contribution >= 4 is 5.84 Å². The Hall–Kier alpha value is -1.59. The second-order valence-corrected chi connectivity index (χ2v) is 4.94. The Kier molecular flexibility index (Phi) is 7.69. The highest BCUT2D eigenvalue weighted by Gasteiger charge is 2.09. The zero-order valence-corrected chi connectivity index (χ0v) is 12.0. The van der Waals surface area contributed by atoms with Crippen LogP contribution in [0.4, 0.5) is 0 Å². The van der Waals surface area contributed by atoms with Gasteiger partial charge in [-0.3, -0.25) is 0 Å². The van der Waals surface area contributed by atoms with Gasteiger partial charge in [0.15, 0.2) is 5.84 Å². The molecule has 5 N–H and O–H groups in total. The lowest BCUT2D eigenvalue weighted by atomic mass is 10.00. The van der Waals surface area contributed by atoms with Gasteiger partial charge in [0.1, 0.15) is 0 Å². The average Bonchev–Trinajstić information content (AvgIpc) is 2.47. The van der Waals surface area contributed by atoms with Crippen molar-refractivity contribution in [2.75, 3.05) is 13.2 Å². The van der Waals surface area contributed by atoms with Crippen LogP contribution in [0.2, 0.25) is 0 Å². The molecule has 1 unspecified atom stereocenters. The summed E-state index contributed by atoms with van der Waals surface area (Å²) < 4.78 is 0. The van der Waals surface area contributed by atoms with Gasteiger partial charge in [0.05, 0.1) is 0 Å². The van der Waals surface area contributed by atoms with Gasteiger partial charge in [-0.2, -0.15) is 0 Å². The number of nitrogens with one attached hydrogen (secondary N) is 1. The second kappa shape index (κ2) is 9.34. The molecule has 0 fully saturated rings. The van der Waals surface area contributed by atoms with Gasteiger partial charge < -0.3 is 21.4 Å². The molecule has 0 bridgehead atoms. The molecule has 0 saturated carbocycles. The van der Waals surface area contributed by atoms with Gasteiger partial charge >= 0.3 is 0 Å². The first kappa shape index (κ1) is 16.5. The third kappa shape index (κ3) is 5.19. The standard InChI is InChI=1S/C15H25N3O2/c1-2-5-12(8-9-19)10-17-11-13-6-3-4-7-14(13)15(16)18-20/h3-4,6-7,12,17,19-20H,2,5,8-11H2,1H3,(H2,16,18). The van der Waals surface area contributed by atoms with E-state index >= 15 is 0 Å². The Morgan fingerprint density at radius 2 is 2.10 bits per heavy atom. The molecule has 0 heterocycles. The number of hydrogen-bond acceptors (Lipinski definition) is 4. The minimum atomic E-state index is 0.128. The maximum Gasteiger partial charge on any atom is 0.170 e. The fraction of sp³-hybridized carbons (Fsp3) is 0.533. The molecule has 1 aromatic rings. The van der Waals surface area contributed by atoms with Crippen molar-refractivity contribution in [3.63, 3.8) is 0 Å². The predicted molar refractivity (Wildman–Crippen MR) is 80.8 cm³/mol. The number of nitrogens with two attached hydrogens (primary N) is 1. The van der Waals surface area contributed by atoms with Crippen LogP contribution in [0.15, 0.2) is 29.4 Å². The van der Waals surface area contributed by atoms with Crippen molar-refractivity contribution in [1.29, 1.82) is 0 Å². The van der Waals surface area contributed by atoms with Crippen molar-refractivity contribution in [1.82, 2.24) is 5.32 Å². The molecule has 1 rings (SSSR count). The van der Waals surface area contributed by atoms with Crippen LogP contribution in [0, 0.1) is 5.92 Å². The van der Waals surface area contributed by atoms with Crippen LogP contribution < -0.4 is 11.1 Å². The molecule has 0 amide bonds. The van der Waals surface area contributed by atoms with Crippen LogP contribution in [-0.4, -0.2) is 29.3 Å². The van der Waals surface area contributed by atoms with Crippen molar-refractivity contribution < 1.29 is 10.3 Å². The molecule has 5 nitrogen and oxygen atoms in total. The summed E-state index contributed by atoms with van der Waals surface area (Å²) in [5, 5.41) is 24.3. The molecule has 20 heavy (non-hydrogen) atoms. The van der Waals surface area contributed by atoms with E-state index in [-0.39, 0.29) is 12.4 Å². The summed E-state index contributed by atoms with van der Waals surface area (Å²) in [4.78, 5) is 0. The lowest BCUT2D eigenvalue weighted by Gasteiger charge is -2.16. The lowest BCUT2D eigenvalue weighted by Crippen LogP contribution is -2.25. The van der Waals surface area contributed by atoms with Gasteiger partial charge in [-0.25, -0.2) is 0 Å². The van der Waals surface area contributed by atoms with Gasteiger partial charge in [0, 0.05) is 18.7 Å². The molecule has 5 heteroatoms. The Morgan fingerprint density at radius 1 is 1.35 bits per heavy atom. The molecule has 0 saturated heterocycles. The number of hydrogen-bond donors (Lipinski definition) is 4. The first-order chi connectivity index (χ1) is 9.72. The van der Waals surface area contributed by atoms with Crippen LogP contribution in [0.25, 0.3) is 0 Å². The number of rotatable bonds is 9. The third-order valence-electron chi connectivity index (χ3n) is 3.38. The largest absolute Gasteiger partial charge is 0.409 e. The van der Waals surface area contributed by atoms with E-state index in [1.807, 2.05) is 24.3 Å². The summed E-state index contributed by atoms with van der Waals surface area (Å²) in [6.07, 6.45) is 3.05. The lowest BCUT2D eigenvalue weighted by molar-refractivity contribution is 0.248. The highest BCUT2D eigenvalue weighted by molar-refractivity contribution is 5.98. The monoisotopic (exact) mass is 279 g/mol. The summed E-state index contributed by atoms with van der Waals surface area (Å²) in [6, 6.07) is 7.59. The number of oxime groups is 1. The van der Waals surface area contributed by atoms with Crippen LogP contribution in [0.5, 0.6) is 0 Å². The summed E-state index contributed by atoms with van der Waals surface area (Å²) in [5.74, 6) is 0.615. The van der Waals surface area contributed by atoms with E-state index in [4.69, 9.17) is 16.0 Å². The van der Waals surface area contributed by atoms with Crippen LogP contribution in [0.3, 0.4) is 0 Å². The molecule has 1 aromatic carbocycles. The second-order valence-electron chi connectivity index (χ2n) is 4.94. The summed E-state index contributed by atoms with van der Waals surface area (Å²) in [7, 11) is 0. The number of nitrogens with zero attached hydrogens (tertiary/aromatic N) is 1. The highest BCUT2D eigenvalue weighted by atomic mass is 16.4. The quantitative estimate of drug-likeness (QED) is 0.239. The molecule has 0 aliphatic rings. The van der Waals surface area contributed by atoms with Crippen LogP contribution in [-0.2, 0) is 6.54 Å². The van der Waals surface area contributed by atoms with Gasteiger partial charge in [0.25, 0.3) is 0 Å². The molecular formula is C15H25N3O2. The molecule has 1 atom stereocenters. The zero-order valence-electron chi connectivity index (χ0n) is 12.0. The predicted octanol–water partition coefficient (Wildman–Crippen LogP) is 1.67. The fourth-order valence-electron chi connectivity index (χ4n) is 2.33. The average molecular weight is 279 g/mol. The van der Waals surface area contributed by atoms with E-state index < -0.39 is 0 Å². The fourth-order valence-corrected chi connectivity index (χ4v) is 2.33.